The van der Waals surface area contributed by atoms with E-state index >= 15 is 0 Å². The van der Waals surface area contributed by atoms with Crippen molar-refractivity contribution in [3.63, 3.8) is 0 Å². The number of benzene rings is 2. The molecule has 0 fully saturated rings. The predicted molar refractivity (Wildman–Crippen MR) is 116 cm³/mol. The summed E-state index contributed by atoms with van der Waals surface area (Å²) >= 11 is 0. The number of tetrazole rings is 1. The molecule has 0 saturated heterocycles. The number of ether oxygens (including phenoxy) is 2. The van der Waals surface area contributed by atoms with Crippen LogP contribution in [0, 0.1) is 0 Å². The first kappa shape index (κ1) is 20.4. The Morgan fingerprint density at radius 3 is 2.68 bits per heavy atom. The number of amides is 1. The number of rotatable bonds is 7. The second kappa shape index (κ2) is 8.86. The number of carbonyl (C=O) groups is 1. The van der Waals surface area contributed by atoms with Gasteiger partial charge in [-0.15, -0.1) is 0 Å². The zero-order valence-corrected chi connectivity index (χ0v) is 17.6. The normalized spacial score (nSPS) is 15.1. The van der Waals surface area contributed by atoms with Gasteiger partial charge in [0.15, 0.2) is 0 Å². The number of para-hydroxylation sites is 3. The van der Waals surface area contributed by atoms with Crippen LogP contribution in [0.2, 0.25) is 0 Å². The topological polar surface area (TPSA) is 103 Å². The molecule has 160 valence electrons. The highest BCUT2D eigenvalue weighted by atomic mass is 16.5. The van der Waals surface area contributed by atoms with E-state index in [1.54, 1.807) is 23.9 Å². The number of allylic oxidation sites excluding steroid dienone is 1. The maximum atomic E-state index is 13.5. The van der Waals surface area contributed by atoms with E-state index in [0.717, 1.165) is 12.0 Å². The van der Waals surface area contributed by atoms with Crippen LogP contribution >= 0.6 is 0 Å². The van der Waals surface area contributed by atoms with E-state index in [-0.39, 0.29) is 5.91 Å². The van der Waals surface area contributed by atoms with Gasteiger partial charge in [-0.1, -0.05) is 42.4 Å². The minimum Gasteiger partial charge on any atom is -0.495 e. The van der Waals surface area contributed by atoms with Gasteiger partial charge in [0.1, 0.15) is 17.5 Å². The van der Waals surface area contributed by atoms with Crippen LogP contribution in [0.5, 0.6) is 11.5 Å². The quantitative estimate of drug-likeness (QED) is 0.604. The average molecular weight is 420 g/mol. The van der Waals surface area contributed by atoms with Crippen LogP contribution in [0.25, 0.3) is 0 Å². The number of aromatic nitrogens is 4. The second-order valence-corrected chi connectivity index (χ2v) is 7.05. The number of nitrogens with zero attached hydrogens (tertiary/aromatic N) is 4. The first-order chi connectivity index (χ1) is 15.1. The summed E-state index contributed by atoms with van der Waals surface area (Å²) in [6, 6.07) is 14.3. The highest BCUT2D eigenvalue weighted by molar-refractivity contribution is 6.06. The molecule has 1 aliphatic heterocycles. The maximum Gasteiger partial charge on any atom is 0.255 e. The fraction of sp³-hybridized carbons (Fsp3) is 0.273. The highest BCUT2D eigenvalue weighted by Gasteiger charge is 2.35. The van der Waals surface area contributed by atoms with Crippen LogP contribution in [0.4, 0.5) is 11.6 Å². The molecule has 0 saturated carbocycles. The number of carbonyl (C=O) groups excluding carboxylic acids is 1. The van der Waals surface area contributed by atoms with Gasteiger partial charge in [-0.25, -0.2) is 0 Å². The molecule has 0 radical (unpaired) electrons. The van der Waals surface area contributed by atoms with Crippen LogP contribution in [-0.4, -0.2) is 39.8 Å². The summed E-state index contributed by atoms with van der Waals surface area (Å²) in [5.41, 5.74) is 2.52. The molecule has 4 rings (SSSR count). The molecule has 3 aromatic rings. The van der Waals surface area contributed by atoms with Crippen LogP contribution in [0.15, 0.2) is 59.8 Å². The van der Waals surface area contributed by atoms with E-state index in [2.05, 4.69) is 26.2 Å². The van der Waals surface area contributed by atoms with Crippen molar-refractivity contribution < 1.29 is 14.3 Å². The van der Waals surface area contributed by atoms with Gasteiger partial charge in [-0.2, -0.15) is 4.68 Å². The largest absolute Gasteiger partial charge is 0.495 e. The van der Waals surface area contributed by atoms with Crippen molar-refractivity contribution in [3.8, 4) is 11.5 Å². The maximum absolute atomic E-state index is 13.5. The van der Waals surface area contributed by atoms with E-state index < -0.39 is 6.04 Å². The van der Waals surface area contributed by atoms with E-state index in [0.29, 0.717) is 41.0 Å². The molecule has 2 N–H and O–H groups in total. The fourth-order valence-corrected chi connectivity index (χ4v) is 3.58. The molecule has 0 aliphatic carbocycles. The standard InChI is InChI=1S/C22H24N6O3/c1-4-13-31-17-11-7-5-9-15(17)20-19(14(2)23-22-25-26-27-28(20)22)21(29)24-16-10-6-8-12-18(16)30-3/h5-12,20H,4,13H2,1-3H3,(H,24,29)(H,23,25,27)/t20-/m1/s1. The first-order valence-corrected chi connectivity index (χ1v) is 10.1. The average Bonchev–Trinajstić information content (AvgIpc) is 3.25. The van der Waals surface area contributed by atoms with Crippen molar-refractivity contribution in [3.05, 3.63) is 65.4 Å². The number of methoxy groups -OCH3 is 1. The minimum atomic E-state index is -0.561. The van der Waals surface area contributed by atoms with E-state index in [1.807, 2.05) is 50.2 Å². The van der Waals surface area contributed by atoms with Gasteiger partial charge in [-0.05, 0) is 42.0 Å². The van der Waals surface area contributed by atoms with Gasteiger partial charge < -0.3 is 20.1 Å². The number of hydrogen-bond acceptors (Lipinski definition) is 7. The fourth-order valence-electron chi connectivity index (χ4n) is 3.58. The van der Waals surface area contributed by atoms with E-state index in [1.165, 1.54) is 0 Å². The third-order valence-corrected chi connectivity index (χ3v) is 4.99. The number of hydrogen-bond donors (Lipinski definition) is 2. The lowest BCUT2D eigenvalue weighted by molar-refractivity contribution is -0.113. The molecule has 2 aromatic carbocycles. The van der Waals surface area contributed by atoms with Crippen LogP contribution in [-0.2, 0) is 4.79 Å². The smallest absolute Gasteiger partial charge is 0.255 e. The number of fused-ring (bicyclic) bond motifs is 1. The Morgan fingerprint density at radius 2 is 1.90 bits per heavy atom. The zero-order chi connectivity index (χ0) is 21.8. The van der Waals surface area contributed by atoms with Crippen molar-refractivity contribution in [2.24, 2.45) is 0 Å². The van der Waals surface area contributed by atoms with Gasteiger partial charge in [-0.3, -0.25) is 4.79 Å². The van der Waals surface area contributed by atoms with E-state index in [4.69, 9.17) is 9.47 Å². The molecule has 0 spiro atoms. The Labute approximate surface area is 180 Å². The van der Waals surface area contributed by atoms with Crippen molar-refractivity contribution in [1.82, 2.24) is 20.2 Å². The van der Waals surface area contributed by atoms with Crippen LogP contribution in [0.1, 0.15) is 31.9 Å². The molecule has 1 atom stereocenters. The molecule has 1 aliphatic rings. The van der Waals surface area contributed by atoms with Crippen molar-refractivity contribution in [2.45, 2.75) is 26.3 Å². The second-order valence-electron chi connectivity index (χ2n) is 7.05. The summed E-state index contributed by atoms with van der Waals surface area (Å²) in [4.78, 5) is 13.5. The van der Waals surface area contributed by atoms with Gasteiger partial charge in [0.2, 0.25) is 5.95 Å². The molecule has 2 heterocycles. The number of anilines is 2. The molecule has 1 amide bonds. The summed E-state index contributed by atoms with van der Waals surface area (Å²) in [7, 11) is 1.56. The Hall–Kier alpha value is -3.88. The Bertz CT molecular complexity index is 1120. The van der Waals surface area contributed by atoms with E-state index in [9.17, 15) is 4.79 Å². The van der Waals surface area contributed by atoms with Gasteiger partial charge in [0.25, 0.3) is 5.91 Å². The van der Waals surface area contributed by atoms with Crippen LogP contribution < -0.4 is 20.1 Å². The van der Waals surface area contributed by atoms with Crippen molar-refractivity contribution in [2.75, 3.05) is 24.4 Å². The molecule has 0 unspecified atom stereocenters. The lowest BCUT2D eigenvalue weighted by Crippen LogP contribution is -2.32. The van der Waals surface area contributed by atoms with Crippen molar-refractivity contribution >= 4 is 17.5 Å². The summed E-state index contributed by atoms with van der Waals surface area (Å²) in [5.74, 6) is 1.44. The van der Waals surface area contributed by atoms with Gasteiger partial charge >= 0.3 is 0 Å². The molecular weight excluding hydrogens is 396 g/mol. The van der Waals surface area contributed by atoms with Crippen LogP contribution in [0.3, 0.4) is 0 Å². The summed E-state index contributed by atoms with van der Waals surface area (Å²) in [6.45, 7) is 4.44. The minimum absolute atomic E-state index is 0.286. The monoisotopic (exact) mass is 420 g/mol. The SMILES string of the molecule is CCCOc1ccccc1[C@@H]1C(C(=O)Nc2ccccc2OC)=C(C)Nc2nnnn21. The zero-order valence-electron chi connectivity index (χ0n) is 17.6. The summed E-state index contributed by atoms with van der Waals surface area (Å²) in [6.07, 6.45) is 0.868. The lowest BCUT2D eigenvalue weighted by atomic mass is 9.94. The lowest BCUT2D eigenvalue weighted by Gasteiger charge is -2.29. The number of nitrogens with one attached hydrogen (secondary N) is 2. The molecule has 0 bridgehead atoms. The first-order valence-electron chi connectivity index (χ1n) is 10.1. The highest BCUT2D eigenvalue weighted by Crippen LogP contribution is 2.39. The molecule has 31 heavy (non-hydrogen) atoms. The molecule has 9 nitrogen and oxygen atoms in total. The van der Waals surface area contributed by atoms with Gasteiger partial charge in [0.05, 0.1) is 25.0 Å². The summed E-state index contributed by atoms with van der Waals surface area (Å²) in [5, 5.41) is 18.1. The van der Waals surface area contributed by atoms with Gasteiger partial charge in [0, 0.05) is 11.3 Å². The summed E-state index contributed by atoms with van der Waals surface area (Å²) < 4.78 is 12.9. The Kier molecular flexibility index (Phi) is 5.83. The predicted octanol–water partition coefficient (Wildman–Crippen LogP) is 3.40. The third kappa shape index (κ3) is 3.94. The molecular formula is C22H24N6O3. The Morgan fingerprint density at radius 1 is 1.16 bits per heavy atom. The Balaban J connectivity index is 1.78. The third-order valence-electron chi connectivity index (χ3n) is 4.99. The molecule has 1 aromatic heterocycles. The molecule has 9 heteroatoms. The van der Waals surface area contributed by atoms with Crippen molar-refractivity contribution in [1.29, 1.82) is 0 Å².